The van der Waals surface area contributed by atoms with E-state index in [1.165, 1.54) is 12.0 Å². The molecule has 1 heterocycles. The fraction of sp³-hybridized carbons (Fsp3) is 0.412. The second-order valence-electron chi connectivity index (χ2n) is 5.31. The lowest BCUT2D eigenvalue weighted by molar-refractivity contribution is -0.0204. The van der Waals surface area contributed by atoms with Crippen molar-refractivity contribution in [1.29, 1.82) is 0 Å². The number of benzene rings is 1. The van der Waals surface area contributed by atoms with E-state index in [9.17, 15) is 9.59 Å². The normalized spacial score (nSPS) is 18.0. The van der Waals surface area contributed by atoms with E-state index < -0.39 is 5.97 Å². The number of methoxy groups -OCH3 is 1. The lowest BCUT2D eigenvalue weighted by atomic mass is 10.1. The van der Waals surface area contributed by atoms with E-state index in [1.54, 1.807) is 23.1 Å². The van der Waals surface area contributed by atoms with Crippen LogP contribution in [0.5, 0.6) is 0 Å². The van der Waals surface area contributed by atoms with Crippen molar-refractivity contribution < 1.29 is 19.1 Å². The van der Waals surface area contributed by atoms with Crippen molar-refractivity contribution in [2.45, 2.75) is 13.0 Å². The summed E-state index contributed by atoms with van der Waals surface area (Å²) in [4.78, 5) is 27.6. The molecule has 1 aromatic carbocycles. The van der Waals surface area contributed by atoms with Crippen molar-refractivity contribution in [3.05, 3.63) is 42.0 Å². The van der Waals surface area contributed by atoms with Gasteiger partial charge in [-0.15, -0.1) is 0 Å². The predicted octanol–water partition coefficient (Wildman–Crippen LogP) is 2.22. The number of carbonyl (C=O) groups is 2. The highest BCUT2D eigenvalue weighted by Gasteiger charge is 2.33. The Bertz CT molecular complexity index is 570. The fourth-order valence-electron chi connectivity index (χ4n) is 2.48. The summed E-state index contributed by atoms with van der Waals surface area (Å²) in [6, 6.07) is 6.93. The van der Waals surface area contributed by atoms with Crippen LogP contribution in [0.3, 0.4) is 0 Å². The minimum atomic E-state index is -0.395. The van der Waals surface area contributed by atoms with E-state index >= 15 is 0 Å². The molecule has 1 unspecified atom stereocenters. The Morgan fingerprint density at radius 3 is 2.52 bits per heavy atom. The van der Waals surface area contributed by atoms with Crippen molar-refractivity contribution in [2.75, 3.05) is 33.5 Å². The molecule has 0 spiro atoms. The van der Waals surface area contributed by atoms with Gasteiger partial charge in [-0.3, -0.25) is 4.90 Å². The van der Waals surface area contributed by atoms with Gasteiger partial charge in [0.15, 0.2) is 0 Å². The summed E-state index contributed by atoms with van der Waals surface area (Å²) in [5.41, 5.74) is 1.42. The van der Waals surface area contributed by atoms with E-state index in [-0.39, 0.29) is 18.9 Å². The van der Waals surface area contributed by atoms with Crippen molar-refractivity contribution in [2.24, 2.45) is 0 Å². The molecule has 1 aliphatic heterocycles. The summed E-state index contributed by atoms with van der Waals surface area (Å²) in [5.74, 6) is -0.395. The number of hydrogen-bond acceptors (Lipinski definition) is 4. The molecule has 0 saturated carbocycles. The second-order valence-corrected chi connectivity index (χ2v) is 5.31. The molecule has 0 radical (unpaired) electrons. The molecular formula is C17H22N2O4. The first-order valence-corrected chi connectivity index (χ1v) is 7.55. The standard InChI is InChI=1S/C17H22N2O4/c1-4-13-6-8-14(9-7-13)16(20)23-15-10-18(5-2)17(21)19(11-15)12-22-3/h4,6-9,15H,1,5,10-12H2,2-3H3. The van der Waals surface area contributed by atoms with Gasteiger partial charge in [-0.05, 0) is 24.6 Å². The van der Waals surface area contributed by atoms with Crippen LogP contribution in [0.1, 0.15) is 22.8 Å². The Kier molecular flexibility index (Phi) is 5.76. The number of ether oxygens (including phenoxy) is 2. The van der Waals surface area contributed by atoms with Crippen LogP contribution in [-0.4, -0.2) is 61.4 Å². The van der Waals surface area contributed by atoms with Gasteiger partial charge in [-0.1, -0.05) is 24.8 Å². The summed E-state index contributed by atoms with van der Waals surface area (Å²) >= 11 is 0. The SMILES string of the molecule is C=Cc1ccc(C(=O)OC2CN(CC)C(=O)N(COC)C2)cc1. The third-order valence-electron chi connectivity index (χ3n) is 3.71. The van der Waals surface area contributed by atoms with Crippen molar-refractivity contribution in [1.82, 2.24) is 9.80 Å². The van der Waals surface area contributed by atoms with Crippen LogP contribution < -0.4 is 0 Å². The zero-order valence-corrected chi connectivity index (χ0v) is 13.5. The van der Waals surface area contributed by atoms with Gasteiger partial charge in [-0.25, -0.2) is 9.59 Å². The molecule has 2 amide bonds. The van der Waals surface area contributed by atoms with E-state index in [2.05, 4.69) is 6.58 Å². The first kappa shape index (κ1) is 17.0. The number of carbonyl (C=O) groups excluding carboxylic acids is 2. The number of amides is 2. The topological polar surface area (TPSA) is 59.1 Å². The van der Waals surface area contributed by atoms with E-state index in [0.29, 0.717) is 25.2 Å². The first-order chi connectivity index (χ1) is 11.1. The highest BCUT2D eigenvalue weighted by atomic mass is 16.5. The Hall–Kier alpha value is -2.34. The lowest BCUT2D eigenvalue weighted by Crippen LogP contribution is -2.56. The number of esters is 1. The van der Waals surface area contributed by atoms with Gasteiger partial charge >= 0.3 is 12.0 Å². The van der Waals surface area contributed by atoms with Crippen molar-refractivity contribution in [3.63, 3.8) is 0 Å². The molecule has 23 heavy (non-hydrogen) atoms. The largest absolute Gasteiger partial charge is 0.455 e. The first-order valence-electron chi connectivity index (χ1n) is 7.55. The molecule has 1 saturated heterocycles. The molecule has 1 aliphatic rings. The highest BCUT2D eigenvalue weighted by molar-refractivity contribution is 5.89. The molecule has 124 valence electrons. The molecule has 6 heteroatoms. The summed E-state index contributed by atoms with van der Waals surface area (Å²) in [6.07, 6.45) is 1.33. The summed E-state index contributed by atoms with van der Waals surface area (Å²) in [6.45, 7) is 7.03. The third kappa shape index (κ3) is 4.10. The van der Waals surface area contributed by atoms with Crippen LogP contribution in [0.25, 0.3) is 6.08 Å². The quantitative estimate of drug-likeness (QED) is 0.755. The minimum Gasteiger partial charge on any atom is -0.455 e. The zero-order chi connectivity index (χ0) is 16.8. The second kappa shape index (κ2) is 7.78. The number of likely N-dealkylation sites (N-methyl/N-ethyl adjacent to an activating group) is 1. The summed E-state index contributed by atoms with van der Waals surface area (Å²) in [5, 5.41) is 0. The average molecular weight is 318 g/mol. The van der Waals surface area contributed by atoms with E-state index in [4.69, 9.17) is 9.47 Å². The van der Waals surface area contributed by atoms with Crippen LogP contribution in [0.4, 0.5) is 4.79 Å². The maximum Gasteiger partial charge on any atom is 0.338 e. The van der Waals surface area contributed by atoms with Gasteiger partial charge in [-0.2, -0.15) is 0 Å². The average Bonchev–Trinajstić information content (AvgIpc) is 2.57. The molecule has 1 fully saturated rings. The van der Waals surface area contributed by atoms with Crippen LogP contribution in [0, 0.1) is 0 Å². The highest BCUT2D eigenvalue weighted by Crippen LogP contribution is 2.14. The van der Waals surface area contributed by atoms with Gasteiger partial charge in [0.25, 0.3) is 0 Å². The molecule has 1 atom stereocenters. The molecule has 6 nitrogen and oxygen atoms in total. The smallest absolute Gasteiger partial charge is 0.338 e. The number of hydrogen-bond donors (Lipinski definition) is 0. The molecule has 0 aliphatic carbocycles. The predicted molar refractivity (Wildman–Crippen MR) is 87.0 cm³/mol. The molecule has 0 bridgehead atoms. The van der Waals surface area contributed by atoms with Crippen LogP contribution >= 0.6 is 0 Å². The number of rotatable bonds is 6. The van der Waals surface area contributed by atoms with Gasteiger partial charge in [0.1, 0.15) is 12.8 Å². The van der Waals surface area contributed by atoms with Gasteiger partial charge in [0.2, 0.25) is 0 Å². The van der Waals surface area contributed by atoms with Gasteiger partial charge in [0.05, 0.1) is 18.7 Å². The summed E-state index contributed by atoms with van der Waals surface area (Å²) in [7, 11) is 1.53. The van der Waals surface area contributed by atoms with Crippen molar-refractivity contribution >= 4 is 18.1 Å². The molecule has 2 rings (SSSR count). The fourth-order valence-corrected chi connectivity index (χ4v) is 2.48. The molecule has 0 aromatic heterocycles. The zero-order valence-electron chi connectivity index (χ0n) is 13.5. The third-order valence-corrected chi connectivity index (χ3v) is 3.71. The number of urea groups is 1. The monoisotopic (exact) mass is 318 g/mol. The molecule has 1 aromatic rings. The van der Waals surface area contributed by atoms with E-state index in [0.717, 1.165) is 5.56 Å². The summed E-state index contributed by atoms with van der Waals surface area (Å²) < 4.78 is 10.6. The minimum absolute atomic E-state index is 0.100. The Morgan fingerprint density at radius 2 is 1.96 bits per heavy atom. The Morgan fingerprint density at radius 1 is 1.30 bits per heavy atom. The van der Waals surface area contributed by atoms with Crippen LogP contribution in [-0.2, 0) is 9.47 Å². The molecule has 0 N–H and O–H groups in total. The Labute approximate surface area is 136 Å². The van der Waals surface area contributed by atoms with Gasteiger partial charge in [0, 0.05) is 13.7 Å². The van der Waals surface area contributed by atoms with Gasteiger partial charge < -0.3 is 14.4 Å². The Balaban J connectivity index is 2.03. The van der Waals surface area contributed by atoms with E-state index in [1.807, 2.05) is 19.1 Å². The van der Waals surface area contributed by atoms with Crippen molar-refractivity contribution in [3.8, 4) is 0 Å². The lowest BCUT2D eigenvalue weighted by Gasteiger charge is -2.38. The number of nitrogens with zero attached hydrogens (tertiary/aromatic N) is 2. The van der Waals surface area contributed by atoms with Crippen LogP contribution in [0.15, 0.2) is 30.8 Å². The van der Waals surface area contributed by atoms with Crippen LogP contribution in [0.2, 0.25) is 0 Å². The maximum atomic E-state index is 12.3. The maximum absolute atomic E-state index is 12.3. The molecular weight excluding hydrogens is 296 g/mol.